The number of aliphatic hydroxyl groups is 1. The van der Waals surface area contributed by atoms with Gasteiger partial charge in [-0.15, -0.1) is 0 Å². The van der Waals surface area contributed by atoms with Crippen LogP contribution in [0.25, 0.3) is 0 Å². The zero-order valence-electron chi connectivity index (χ0n) is 9.38. The van der Waals surface area contributed by atoms with E-state index < -0.39 is 5.60 Å². The zero-order valence-corrected chi connectivity index (χ0v) is 9.38. The third kappa shape index (κ3) is 13.9. The second-order valence-electron chi connectivity index (χ2n) is 4.40. The Morgan fingerprint density at radius 1 is 1.07 bits per heavy atom. The van der Waals surface area contributed by atoms with Crippen LogP contribution in [0.1, 0.15) is 52.9 Å². The fourth-order valence-corrected chi connectivity index (χ4v) is 1.06. The second-order valence-corrected chi connectivity index (χ2v) is 4.40. The minimum absolute atomic E-state index is 0. The van der Waals surface area contributed by atoms with E-state index in [4.69, 9.17) is 10.3 Å². The maximum Gasteiger partial charge on any atom is 0.0570 e. The summed E-state index contributed by atoms with van der Waals surface area (Å²) in [4.78, 5) is 0. The van der Waals surface area contributed by atoms with Crippen molar-refractivity contribution >= 4 is 5.71 Å². The van der Waals surface area contributed by atoms with Crippen molar-refractivity contribution in [3.63, 3.8) is 0 Å². The lowest BCUT2D eigenvalue weighted by molar-refractivity contribution is 0.102. The van der Waals surface area contributed by atoms with Crippen molar-refractivity contribution in [3.05, 3.63) is 0 Å². The van der Waals surface area contributed by atoms with E-state index in [-0.39, 0.29) is 5.48 Å². The standard InChI is InChI=1S/C6H11NO.C4H10O.H2O/c8-7-6-4-2-1-3-5-6;1-4(2,3)5;/h8H,1-5H2;5H,1-3H3;1H2. The predicted molar refractivity (Wildman–Crippen MR) is 57.9 cm³/mol. The molecular weight excluding hydrogens is 182 g/mol. The molecule has 0 atom stereocenters. The zero-order chi connectivity index (χ0) is 10.3. The predicted octanol–water partition coefficient (Wildman–Crippen LogP) is 1.73. The maximum atomic E-state index is 8.52. The smallest absolute Gasteiger partial charge is 0.0570 e. The van der Waals surface area contributed by atoms with E-state index in [0.717, 1.165) is 18.6 Å². The average molecular weight is 205 g/mol. The first-order chi connectivity index (χ1) is 5.93. The van der Waals surface area contributed by atoms with E-state index in [1.165, 1.54) is 19.3 Å². The van der Waals surface area contributed by atoms with E-state index in [9.17, 15) is 0 Å². The highest BCUT2D eigenvalue weighted by Crippen LogP contribution is 2.13. The number of hydrogen-bond acceptors (Lipinski definition) is 3. The molecule has 0 aliphatic heterocycles. The van der Waals surface area contributed by atoms with Crippen LogP contribution in [0.2, 0.25) is 0 Å². The summed E-state index contributed by atoms with van der Waals surface area (Å²) in [5.74, 6) is 0. The van der Waals surface area contributed by atoms with Gasteiger partial charge in [0.15, 0.2) is 0 Å². The van der Waals surface area contributed by atoms with Crippen molar-refractivity contribution in [2.45, 2.75) is 58.5 Å². The van der Waals surface area contributed by atoms with E-state index in [1.54, 1.807) is 20.8 Å². The van der Waals surface area contributed by atoms with Gasteiger partial charge in [-0.2, -0.15) is 0 Å². The lowest BCUT2D eigenvalue weighted by Gasteiger charge is -2.08. The molecule has 0 aromatic rings. The summed E-state index contributed by atoms with van der Waals surface area (Å²) in [6, 6.07) is 0. The quantitative estimate of drug-likeness (QED) is 0.466. The number of hydrogen-bond donors (Lipinski definition) is 2. The molecule has 0 radical (unpaired) electrons. The molecule has 1 rings (SSSR count). The van der Waals surface area contributed by atoms with E-state index >= 15 is 0 Å². The van der Waals surface area contributed by atoms with Crippen LogP contribution >= 0.6 is 0 Å². The first kappa shape index (κ1) is 15.8. The normalized spacial score (nSPS) is 16.1. The monoisotopic (exact) mass is 205 g/mol. The van der Waals surface area contributed by atoms with Gasteiger partial charge in [0.1, 0.15) is 0 Å². The van der Waals surface area contributed by atoms with Crippen molar-refractivity contribution in [1.82, 2.24) is 0 Å². The van der Waals surface area contributed by atoms with E-state index in [2.05, 4.69) is 5.16 Å². The molecule has 0 aromatic carbocycles. The van der Waals surface area contributed by atoms with E-state index in [1.807, 2.05) is 0 Å². The van der Waals surface area contributed by atoms with Gasteiger partial charge in [0.2, 0.25) is 0 Å². The van der Waals surface area contributed by atoms with Gasteiger partial charge in [-0.05, 0) is 46.5 Å². The Labute approximate surface area is 85.9 Å². The molecule has 86 valence electrons. The van der Waals surface area contributed by atoms with Crippen LogP contribution in [-0.2, 0) is 0 Å². The molecule has 4 heteroatoms. The van der Waals surface area contributed by atoms with Crippen LogP contribution in [0.5, 0.6) is 0 Å². The number of oxime groups is 1. The van der Waals surface area contributed by atoms with Gasteiger partial charge in [-0.3, -0.25) is 0 Å². The fourth-order valence-electron chi connectivity index (χ4n) is 1.06. The first-order valence-corrected chi connectivity index (χ1v) is 4.85. The second kappa shape index (κ2) is 7.76. The molecule has 1 saturated carbocycles. The SMILES string of the molecule is CC(C)(C)O.O.ON=C1CCCCC1. The Morgan fingerprint density at radius 2 is 1.43 bits per heavy atom. The Balaban J connectivity index is 0. The summed E-state index contributed by atoms with van der Waals surface area (Å²) in [7, 11) is 0. The van der Waals surface area contributed by atoms with Gasteiger partial charge in [0.05, 0.1) is 11.3 Å². The Morgan fingerprint density at radius 3 is 1.64 bits per heavy atom. The molecule has 1 aliphatic carbocycles. The molecule has 0 heterocycles. The maximum absolute atomic E-state index is 8.52. The number of rotatable bonds is 0. The largest absolute Gasteiger partial charge is 0.412 e. The highest BCUT2D eigenvalue weighted by molar-refractivity contribution is 5.84. The minimum atomic E-state index is -0.500. The summed E-state index contributed by atoms with van der Waals surface area (Å²) in [6.07, 6.45) is 5.74. The van der Waals surface area contributed by atoms with Crippen LogP contribution in [0.3, 0.4) is 0 Å². The average Bonchev–Trinajstić information content (AvgIpc) is 2.03. The lowest BCUT2D eigenvalue weighted by atomic mass is 9.99. The Hall–Kier alpha value is -0.610. The molecule has 0 amide bonds. The van der Waals surface area contributed by atoms with Crippen LogP contribution in [0.4, 0.5) is 0 Å². The van der Waals surface area contributed by atoms with Gasteiger partial charge in [0.25, 0.3) is 0 Å². The van der Waals surface area contributed by atoms with Crippen LogP contribution < -0.4 is 0 Å². The Bertz CT molecular complexity index is 147. The highest BCUT2D eigenvalue weighted by atomic mass is 16.4. The Kier molecular flexibility index (Phi) is 8.79. The summed E-state index contributed by atoms with van der Waals surface area (Å²) in [5.41, 5.74) is 0.483. The van der Waals surface area contributed by atoms with Crippen LogP contribution in [0.15, 0.2) is 5.16 Å². The van der Waals surface area contributed by atoms with Gasteiger partial charge >= 0.3 is 0 Å². The topological polar surface area (TPSA) is 84.3 Å². The molecule has 4 nitrogen and oxygen atoms in total. The molecule has 0 saturated heterocycles. The van der Waals surface area contributed by atoms with Crippen molar-refractivity contribution in [2.24, 2.45) is 5.16 Å². The van der Waals surface area contributed by atoms with Crippen molar-refractivity contribution in [3.8, 4) is 0 Å². The van der Waals surface area contributed by atoms with Crippen LogP contribution in [0, 0.1) is 0 Å². The van der Waals surface area contributed by atoms with Crippen molar-refractivity contribution in [2.75, 3.05) is 0 Å². The summed E-state index contributed by atoms with van der Waals surface area (Å²) < 4.78 is 0. The fraction of sp³-hybridized carbons (Fsp3) is 0.900. The molecule has 14 heavy (non-hydrogen) atoms. The molecular formula is C10H23NO3. The van der Waals surface area contributed by atoms with Gasteiger partial charge in [0, 0.05) is 0 Å². The molecule has 0 bridgehead atoms. The van der Waals surface area contributed by atoms with Gasteiger partial charge in [-0.25, -0.2) is 0 Å². The molecule has 1 aliphatic rings. The highest BCUT2D eigenvalue weighted by Gasteiger charge is 2.05. The summed E-state index contributed by atoms with van der Waals surface area (Å²) >= 11 is 0. The van der Waals surface area contributed by atoms with Crippen molar-refractivity contribution < 1.29 is 15.8 Å². The van der Waals surface area contributed by atoms with Gasteiger partial charge < -0.3 is 15.8 Å². The molecule has 0 unspecified atom stereocenters. The minimum Gasteiger partial charge on any atom is -0.412 e. The summed E-state index contributed by atoms with van der Waals surface area (Å²) in [5, 5.41) is 20.0. The van der Waals surface area contributed by atoms with E-state index in [0.29, 0.717) is 0 Å². The third-order valence-corrected chi connectivity index (χ3v) is 1.57. The first-order valence-electron chi connectivity index (χ1n) is 4.85. The molecule has 0 aromatic heterocycles. The molecule has 4 N–H and O–H groups in total. The third-order valence-electron chi connectivity index (χ3n) is 1.57. The number of nitrogens with zero attached hydrogens (tertiary/aromatic N) is 1. The van der Waals surface area contributed by atoms with Gasteiger partial charge in [-0.1, -0.05) is 11.6 Å². The lowest BCUT2D eigenvalue weighted by Crippen LogP contribution is -2.10. The summed E-state index contributed by atoms with van der Waals surface area (Å²) in [6.45, 7) is 5.23. The van der Waals surface area contributed by atoms with Crippen molar-refractivity contribution in [1.29, 1.82) is 0 Å². The molecule has 1 fully saturated rings. The van der Waals surface area contributed by atoms with Crippen LogP contribution in [-0.4, -0.2) is 27.1 Å². The molecule has 0 spiro atoms.